The molecule has 1 saturated carbocycles. The maximum absolute atomic E-state index is 13.4. The summed E-state index contributed by atoms with van der Waals surface area (Å²) in [6, 6.07) is 1.52. The molecule has 1 aromatic carbocycles. The molecule has 0 saturated heterocycles. The van der Waals surface area contributed by atoms with E-state index in [9.17, 15) is 19.3 Å². The van der Waals surface area contributed by atoms with Crippen LogP contribution in [-0.2, 0) is 0 Å². The summed E-state index contributed by atoms with van der Waals surface area (Å²) in [6.45, 7) is 0.364. The molecule has 0 heterocycles. The lowest BCUT2D eigenvalue weighted by molar-refractivity contribution is -0.384. The molecular formula is C12H13FN2O5. The molecule has 0 aromatic heterocycles. The molecule has 108 valence electrons. The molecule has 0 radical (unpaired) electrons. The largest absolute Gasteiger partial charge is 0.478 e. The molecule has 0 spiro atoms. The number of aliphatic hydroxyl groups is 1. The Hall–Kier alpha value is -2.22. The average molecular weight is 284 g/mol. The van der Waals surface area contributed by atoms with Crippen molar-refractivity contribution in [2.75, 3.05) is 11.9 Å². The van der Waals surface area contributed by atoms with Crippen molar-refractivity contribution >= 4 is 17.3 Å². The van der Waals surface area contributed by atoms with Gasteiger partial charge >= 0.3 is 5.97 Å². The summed E-state index contributed by atoms with van der Waals surface area (Å²) in [5.74, 6) is -2.46. The second-order valence-corrected chi connectivity index (χ2v) is 4.78. The van der Waals surface area contributed by atoms with Gasteiger partial charge in [-0.25, -0.2) is 9.18 Å². The van der Waals surface area contributed by atoms with Crippen molar-refractivity contribution in [3.63, 3.8) is 0 Å². The number of carboxylic acids is 1. The van der Waals surface area contributed by atoms with Gasteiger partial charge in [-0.05, 0) is 24.8 Å². The highest BCUT2D eigenvalue weighted by molar-refractivity contribution is 5.90. The van der Waals surface area contributed by atoms with Gasteiger partial charge in [0.15, 0.2) is 0 Å². The van der Waals surface area contributed by atoms with Crippen LogP contribution in [0, 0.1) is 21.8 Å². The predicted octanol–water partition coefficient (Wildman–Crippen LogP) is 1.61. The molecule has 0 amide bonds. The number of benzene rings is 1. The van der Waals surface area contributed by atoms with Crippen LogP contribution >= 0.6 is 0 Å². The Morgan fingerprint density at radius 1 is 1.50 bits per heavy atom. The van der Waals surface area contributed by atoms with Gasteiger partial charge in [-0.15, -0.1) is 0 Å². The van der Waals surface area contributed by atoms with E-state index in [-0.39, 0.29) is 17.7 Å². The molecule has 0 bridgehead atoms. The standard InChI is InChI=1S/C12H13FN2O5/c13-9-4-11(15(19)20)10(3-8(9)12(17)18)14-5-6-1-7(16)2-6/h3-4,6-7,14,16H,1-2,5H2,(H,17,18). The molecule has 20 heavy (non-hydrogen) atoms. The number of carbonyl (C=O) groups is 1. The Morgan fingerprint density at radius 3 is 2.65 bits per heavy atom. The van der Waals surface area contributed by atoms with Crippen LogP contribution in [0.3, 0.4) is 0 Å². The number of hydrogen-bond donors (Lipinski definition) is 3. The van der Waals surface area contributed by atoms with Gasteiger partial charge in [0.25, 0.3) is 5.69 Å². The molecule has 7 nitrogen and oxygen atoms in total. The first-order valence-electron chi connectivity index (χ1n) is 6.01. The summed E-state index contributed by atoms with van der Waals surface area (Å²) in [5, 5.41) is 31.6. The van der Waals surface area contributed by atoms with E-state index >= 15 is 0 Å². The van der Waals surface area contributed by atoms with Gasteiger partial charge in [-0.1, -0.05) is 0 Å². The summed E-state index contributed by atoms with van der Waals surface area (Å²) in [4.78, 5) is 20.9. The van der Waals surface area contributed by atoms with Gasteiger partial charge in [0.1, 0.15) is 11.5 Å². The number of halogens is 1. The topological polar surface area (TPSA) is 113 Å². The van der Waals surface area contributed by atoms with Gasteiger partial charge in [0.05, 0.1) is 22.7 Å². The minimum absolute atomic E-state index is 0.0322. The first kappa shape index (κ1) is 14.2. The van der Waals surface area contributed by atoms with E-state index in [1.54, 1.807) is 0 Å². The maximum Gasteiger partial charge on any atom is 0.338 e. The van der Waals surface area contributed by atoms with Crippen molar-refractivity contribution in [2.24, 2.45) is 5.92 Å². The fourth-order valence-corrected chi connectivity index (χ4v) is 2.14. The summed E-state index contributed by atoms with van der Waals surface area (Å²) in [5.41, 5.74) is -1.16. The second-order valence-electron chi connectivity index (χ2n) is 4.78. The Bertz CT molecular complexity index is 557. The van der Waals surface area contributed by atoms with Gasteiger partial charge in [-0.3, -0.25) is 10.1 Å². The molecule has 2 rings (SSSR count). The zero-order valence-electron chi connectivity index (χ0n) is 10.4. The lowest BCUT2D eigenvalue weighted by Crippen LogP contribution is -2.33. The highest BCUT2D eigenvalue weighted by atomic mass is 19.1. The number of carboxylic acid groups (broad SMARTS) is 1. The zero-order valence-corrected chi connectivity index (χ0v) is 10.4. The Kier molecular flexibility index (Phi) is 3.84. The zero-order chi connectivity index (χ0) is 14.9. The SMILES string of the molecule is O=C(O)c1cc(NCC2CC(O)C2)c([N+](=O)[O-])cc1F. The number of anilines is 1. The second kappa shape index (κ2) is 5.41. The Balaban J connectivity index is 2.21. The van der Waals surface area contributed by atoms with Crippen molar-refractivity contribution in [3.8, 4) is 0 Å². The van der Waals surface area contributed by atoms with E-state index in [0.29, 0.717) is 25.5 Å². The lowest BCUT2D eigenvalue weighted by atomic mass is 9.82. The summed E-state index contributed by atoms with van der Waals surface area (Å²) < 4.78 is 13.4. The van der Waals surface area contributed by atoms with Crippen molar-refractivity contribution in [2.45, 2.75) is 18.9 Å². The molecule has 0 aliphatic heterocycles. The summed E-state index contributed by atoms with van der Waals surface area (Å²) in [7, 11) is 0. The number of aliphatic hydroxyl groups excluding tert-OH is 1. The number of hydrogen-bond acceptors (Lipinski definition) is 5. The van der Waals surface area contributed by atoms with Crippen LogP contribution in [0.1, 0.15) is 23.2 Å². The number of rotatable bonds is 5. The first-order chi connectivity index (χ1) is 9.38. The van der Waals surface area contributed by atoms with Crippen LogP contribution < -0.4 is 5.32 Å². The van der Waals surface area contributed by atoms with Crippen LogP contribution in [0.5, 0.6) is 0 Å². The van der Waals surface area contributed by atoms with E-state index < -0.39 is 28.0 Å². The molecule has 1 fully saturated rings. The first-order valence-corrected chi connectivity index (χ1v) is 6.01. The van der Waals surface area contributed by atoms with Crippen LogP contribution in [0.25, 0.3) is 0 Å². The average Bonchev–Trinajstić information content (AvgIpc) is 2.33. The predicted molar refractivity (Wildman–Crippen MR) is 67.2 cm³/mol. The summed E-state index contributed by atoms with van der Waals surface area (Å²) >= 11 is 0. The molecule has 1 aliphatic carbocycles. The number of nitrogens with one attached hydrogen (secondary N) is 1. The highest BCUT2D eigenvalue weighted by Gasteiger charge is 2.28. The third-order valence-corrected chi connectivity index (χ3v) is 3.30. The molecule has 1 aliphatic rings. The number of aromatic carboxylic acids is 1. The Labute approximate surface area is 113 Å². The van der Waals surface area contributed by atoms with Crippen molar-refractivity contribution < 1.29 is 24.3 Å². The summed E-state index contributed by atoms with van der Waals surface area (Å²) in [6.07, 6.45) is 0.834. The number of nitrogens with zero attached hydrogens (tertiary/aromatic N) is 1. The van der Waals surface area contributed by atoms with Crippen LogP contribution in [0.2, 0.25) is 0 Å². The Morgan fingerprint density at radius 2 is 2.15 bits per heavy atom. The van der Waals surface area contributed by atoms with Gasteiger partial charge in [-0.2, -0.15) is 0 Å². The molecule has 0 atom stereocenters. The smallest absolute Gasteiger partial charge is 0.338 e. The van der Waals surface area contributed by atoms with E-state index in [0.717, 1.165) is 6.07 Å². The van der Waals surface area contributed by atoms with E-state index in [4.69, 9.17) is 10.2 Å². The fourth-order valence-electron chi connectivity index (χ4n) is 2.14. The molecule has 3 N–H and O–H groups in total. The van der Waals surface area contributed by atoms with E-state index in [1.807, 2.05) is 0 Å². The number of nitro benzene ring substituents is 1. The van der Waals surface area contributed by atoms with Crippen molar-refractivity contribution in [1.82, 2.24) is 0 Å². The van der Waals surface area contributed by atoms with Crippen LogP contribution in [-0.4, -0.2) is 33.8 Å². The minimum Gasteiger partial charge on any atom is -0.478 e. The van der Waals surface area contributed by atoms with Crippen LogP contribution in [0.4, 0.5) is 15.8 Å². The normalized spacial score (nSPS) is 21.1. The molecule has 1 aromatic rings. The van der Waals surface area contributed by atoms with Crippen molar-refractivity contribution in [3.05, 3.63) is 33.6 Å². The lowest BCUT2D eigenvalue weighted by Gasteiger charge is -2.31. The monoisotopic (exact) mass is 284 g/mol. The van der Waals surface area contributed by atoms with Gasteiger partial charge in [0.2, 0.25) is 0 Å². The molecule has 8 heteroatoms. The number of nitro groups is 1. The van der Waals surface area contributed by atoms with Crippen molar-refractivity contribution in [1.29, 1.82) is 0 Å². The van der Waals surface area contributed by atoms with Gasteiger partial charge < -0.3 is 15.5 Å². The quantitative estimate of drug-likeness (QED) is 0.559. The maximum atomic E-state index is 13.4. The molecular weight excluding hydrogens is 271 g/mol. The molecule has 0 unspecified atom stereocenters. The van der Waals surface area contributed by atoms with E-state index in [1.165, 1.54) is 0 Å². The third-order valence-electron chi connectivity index (χ3n) is 3.30. The van der Waals surface area contributed by atoms with Gasteiger partial charge in [0, 0.05) is 6.54 Å². The minimum atomic E-state index is -1.49. The fraction of sp³-hybridized carbons (Fsp3) is 0.417. The highest BCUT2D eigenvalue weighted by Crippen LogP contribution is 2.31. The third kappa shape index (κ3) is 2.85. The van der Waals surface area contributed by atoms with E-state index in [2.05, 4.69) is 5.32 Å². The van der Waals surface area contributed by atoms with Crippen LogP contribution in [0.15, 0.2) is 12.1 Å².